The molecule has 102 valence electrons. The summed E-state index contributed by atoms with van der Waals surface area (Å²) < 4.78 is 28.0. The van der Waals surface area contributed by atoms with Gasteiger partial charge in [-0.1, -0.05) is 0 Å². The van der Waals surface area contributed by atoms with Gasteiger partial charge in [-0.3, -0.25) is 9.69 Å². The molecule has 1 fully saturated rings. The van der Waals surface area contributed by atoms with E-state index >= 15 is 0 Å². The maximum absolute atomic E-state index is 11.9. The molecule has 2 rings (SSSR count). The number of furan rings is 1. The van der Waals surface area contributed by atoms with Gasteiger partial charge in [0.2, 0.25) is 21.8 Å². The van der Waals surface area contributed by atoms with Gasteiger partial charge >= 0.3 is 0 Å². The third-order valence-corrected chi connectivity index (χ3v) is 4.52. The Kier molecular flexibility index (Phi) is 3.12. The van der Waals surface area contributed by atoms with Gasteiger partial charge in [0, 0.05) is 18.5 Å². The molecule has 1 aromatic heterocycles. The van der Waals surface area contributed by atoms with E-state index in [1.165, 1.54) is 4.90 Å². The number of rotatable bonds is 2. The fraction of sp³-hybridized carbons (Fsp3) is 0.455. The van der Waals surface area contributed by atoms with E-state index in [-0.39, 0.29) is 24.4 Å². The standard InChI is InChI=1S/C11H13N3O4S/c1-6-7(2)18-11(9(6)4-12)14-5-8(3-10(14)15)19(13,16)17/h8H,3,5H2,1-2H3,(H2,13,16,17). The number of hydrogen-bond donors (Lipinski definition) is 1. The summed E-state index contributed by atoms with van der Waals surface area (Å²) in [4.78, 5) is 13.0. The molecule has 1 atom stereocenters. The van der Waals surface area contributed by atoms with Crippen LogP contribution < -0.4 is 10.0 Å². The molecular formula is C11H13N3O4S. The third kappa shape index (κ3) is 2.22. The first-order chi connectivity index (χ1) is 8.75. The first kappa shape index (κ1) is 13.6. The molecule has 0 aliphatic carbocycles. The smallest absolute Gasteiger partial charge is 0.230 e. The normalized spacial score (nSPS) is 19.8. The molecular weight excluding hydrogens is 270 g/mol. The van der Waals surface area contributed by atoms with Gasteiger partial charge in [0.05, 0.1) is 0 Å². The molecule has 1 aliphatic rings. The van der Waals surface area contributed by atoms with Gasteiger partial charge in [-0.2, -0.15) is 5.26 Å². The Morgan fingerprint density at radius 1 is 1.47 bits per heavy atom. The predicted octanol–water partition coefficient (Wildman–Crippen LogP) is 0.162. The Morgan fingerprint density at radius 3 is 2.58 bits per heavy atom. The van der Waals surface area contributed by atoms with Crippen LogP contribution in [-0.2, 0) is 14.8 Å². The lowest BCUT2D eigenvalue weighted by Crippen LogP contribution is -2.32. The molecule has 1 saturated heterocycles. The van der Waals surface area contributed by atoms with Crippen molar-refractivity contribution >= 4 is 21.8 Å². The molecule has 1 amide bonds. The number of amides is 1. The topological polar surface area (TPSA) is 117 Å². The molecule has 8 heteroatoms. The number of carbonyl (C=O) groups is 1. The van der Waals surface area contributed by atoms with Crippen LogP contribution in [0, 0.1) is 25.2 Å². The van der Waals surface area contributed by atoms with Gasteiger partial charge in [-0.15, -0.1) is 0 Å². The highest BCUT2D eigenvalue weighted by molar-refractivity contribution is 7.89. The molecule has 1 aliphatic heterocycles. The van der Waals surface area contributed by atoms with E-state index < -0.39 is 21.2 Å². The number of aryl methyl sites for hydroxylation is 1. The number of nitrogens with two attached hydrogens (primary N) is 1. The lowest BCUT2D eigenvalue weighted by molar-refractivity contribution is -0.117. The number of anilines is 1. The predicted molar refractivity (Wildman–Crippen MR) is 66.8 cm³/mol. The van der Waals surface area contributed by atoms with Crippen molar-refractivity contribution in [2.75, 3.05) is 11.4 Å². The Balaban J connectivity index is 2.42. The average Bonchev–Trinajstić information content (AvgIpc) is 2.81. The minimum absolute atomic E-state index is 0.0846. The molecule has 19 heavy (non-hydrogen) atoms. The van der Waals surface area contributed by atoms with Gasteiger partial charge in [0.1, 0.15) is 22.6 Å². The van der Waals surface area contributed by atoms with Gasteiger partial charge in [0.15, 0.2) is 0 Å². The van der Waals surface area contributed by atoms with E-state index in [2.05, 4.69) is 0 Å². The van der Waals surface area contributed by atoms with Crippen molar-refractivity contribution in [1.29, 1.82) is 5.26 Å². The molecule has 7 nitrogen and oxygen atoms in total. The zero-order valence-electron chi connectivity index (χ0n) is 10.5. The molecule has 0 bridgehead atoms. The summed E-state index contributed by atoms with van der Waals surface area (Å²) in [7, 11) is -3.79. The maximum Gasteiger partial charge on any atom is 0.230 e. The zero-order valence-corrected chi connectivity index (χ0v) is 11.3. The van der Waals surface area contributed by atoms with Crippen molar-refractivity contribution < 1.29 is 17.6 Å². The number of nitriles is 1. The molecule has 0 saturated carbocycles. The monoisotopic (exact) mass is 283 g/mol. The fourth-order valence-electron chi connectivity index (χ4n) is 2.02. The molecule has 0 aromatic carbocycles. The number of nitrogens with zero attached hydrogens (tertiary/aromatic N) is 2. The molecule has 1 aromatic rings. The second kappa shape index (κ2) is 4.36. The summed E-state index contributed by atoms with van der Waals surface area (Å²) in [5, 5.41) is 13.2. The summed E-state index contributed by atoms with van der Waals surface area (Å²) in [6, 6.07) is 1.97. The van der Waals surface area contributed by atoms with E-state index in [4.69, 9.17) is 14.8 Å². The summed E-state index contributed by atoms with van der Waals surface area (Å²) in [6.45, 7) is 3.30. The third-order valence-electron chi connectivity index (χ3n) is 3.28. The van der Waals surface area contributed by atoms with Crippen molar-refractivity contribution in [2.45, 2.75) is 25.5 Å². The van der Waals surface area contributed by atoms with E-state index in [0.29, 0.717) is 11.3 Å². The van der Waals surface area contributed by atoms with Crippen LogP contribution >= 0.6 is 0 Å². The quantitative estimate of drug-likeness (QED) is 0.829. The number of hydrogen-bond acceptors (Lipinski definition) is 5. The number of carbonyl (C=O) groups excluding carboxylic acids is 1. The lowest BCUT2D eigenvalue weighted by Gasteiger charge is -2.13. The van der Waals surface area contributed by atoms with E-state index in [0.717, 1.165) is 0 Å². The van der Waals surface area contributed by atoms with Gasteiger partial charge in [0.25, 0.3) is 0 Å². The molecule has 0 radical (unpaired) electrons. The maximum atomic E-state index is 11.9. The Hall–Kier alpha value is -1.85. The largest absolute Gasteiger partial charge is 0.444 e. The summed E-state index contributed by atoms with van der Waals surface area (Å²) >= 11 is 0. The number of primary sulfonamides is 1. The molecule has 1 unspecified atom stereocenters. The van der Waals surface area contributed by atoms with Crippen molar-refractivity contribution in [3.05, 3.63) is 16.9 Å². The average molecular weight is 283 g/mol. The van der Waals surface area contributed by atoms with Gasteiger partial charge < -0.3 is 4.42 Å². The number of sulfonamides is 1. The van der Waals surface area contributed by atoms with Crippen LogP contribution in [0.2, 0.25) is 0 Å². The Bertz CT molecular complexity index is 684. The highest BCUT2D eigenvalue weighted by atomic mass is 32.2. The Morgan fingerprint density at radius 2 is 2.11 bits per heavy atom. The van der Waals surface area contributed by atoms with Crippen LogP contribution in [0.4, 0.5) is 5.88 Å². The van der Waals surface area contributed by atoms with Crippen LogP contribution in [0.5, 0.6) is 0 Å². The summed E-state index contributed by atoms with van der Waals surface area (Å²) in [6.07, 6.45) is -0.192. The SMILES string of the molecule is Cc1oc(N2CC(S(N)(=O)=O)CC2=O)c(C#N)c1C. The molecule has 0 spiro atoms. The van der Waals surface area contributed by atoms with Crippen LogP contribution in [0.15, 0.2) is 4.42 Å². The fourth-order valence-corrected chi connectivity index (χ4v) is 2.75. The van der Waals surface area contributed by atoms with Gasteiger partial charge in [-0.25, -0.2) is 13.6 Å². The first-order valence-electron chi connectivity index (χ1n) is 5.57. The molecule has 2 heterocycles. The van der Waals surface area contributed by atoms with Crippen molar-refractivity contribution in [3.8, 4) is 6.07 Å². The molecule has 2 N–H and O–H groups in total. The summed E-state index contributed by atoms with van der Waals surface area (Å²) in [5.41, 5.74) is 0.894. The van der Waals surface area contributed by atoms with E-state index in [1.54, 1.807) is 13.8 Å². The van der Waals surface area contributed by atoms with Crippen molar-refractivity contribution in [1.82, 2.24) is 0 Å². The van der Waals surface area contributed by atoms with Crippen LogP contribution in [0.25, 0.3) is 0 Å². The van der Waals surface area contributed by atoms with Crippen LogP contribution in [-0.4, -0.2) is 26.1 Å². The lowest BCUT2D eigenvalue weighted by atomic mass is 10.2. The second-order valence-corrected chi connectivity index (χ2v) is 6.34. The minimum atomic E-state index is -3.79. The second-order valence-electron chi connectivity index (χ2n) is 4.49. The summed E-state index contributed by atoms with van der Waals surface area (Å²) in [5.74, 6) is 0.219. The Labute approximate surface area is 110 Å². The zero-order chi connectivity index (χ0) is 14.4. The van der Waals surface area contributed by atoms with Crippen LogP contribution in [0.1, 0.15) is 23.3 Å². The van der Waals surface area contributed by atoms with E-state index in [9.17, 15) is 13.2 Å². The van der Waals surface area contributed by atoms with Crippen molar-refractivity contribution in [2.24, 2.45) is 5.14 Å². The first-order valence-corrected chi connectivity index (χ1v) is 7.18. The van der Waals surface area contributed by atoms with Gasteiger partial charge in [-0.05, 0) is 13.8 Å². The minimum Gasteiger partial charge on any atom is -0.444 e. The van der Waals surface area contributed by atoms with Crippen LogP contribution in [0.3, 0.4) is 0 Å². The highest BCUT2D eigenvalue weighted by Gasteiger charge is 2.39. The highest BCUT2D eigenvalue weighted by Crippen LogP contribution is 2.32. The van der Waals surface area contributed by atoms with Crippen molar-refractivity contribution in [3.63, 3.8) is 0 Å². The van der Waals surface area contributed by atoms with E-state index in [1.807, 2.05) is 6.07 Å².